The molecule has 1 saturated carbocycles. The average molecular weight is 399 g/mol. The lowest BCUT2D eigenvalue weighted by Gasteiger charge is -2.21. The Hall–Kier alpha value is -2.76. The van der Waals surface area contributed by atoms with E-state index in [4.69, 9.17) is 9.47 Å². The van der Waals surface area contributed by atoms with Crippen molar-refractivity contribution < 1.29 is 9.47 Å². The highest BCUT2D eigenvalue weighted by molar-refractivity contribution is 5.55. The maximum atomic E-state index is 12.0. The van der Waals surface area contributed by atoms with Crippen molar-refractivity contribution in [1.82, 2.24) is 9.97 Å². The number of hydrogen-bond acceptors (Lipinski definition) is 4. The molecule has 1 aliphatic carbocycles. The molecule has 3 rings (SSSR count). The monoisotopic (exact) mass is 398 g/mol. The quantitative estimate of drug-likeness (QED) is 0.669. The van der Waals surface area contributed by atoms with Crippen LogP contribution in [0, 0.1) is 5.92 Å². The Balaban J connectivity index is 1.62. The van der Waals surface area contributed by atoms with Gasteiger partial charge in [0.15, 0.2) is 11.5 Å². The van der Waals surface area contributed by atoms with E-state index in [-0.39, 0.29) is 10.7 Å². The summed E-state index contributed by atoms with van der Waals surface area (Å²) in [6.07, 6.45) is 12.0. The van der Waals surface area contributed by atoms with E-state index >= 15 is 0 Å². The third-order valence-corrected chi connectivity index (χ3v) is 5.51. The first-order valence-electron chi connectivity index (χ1n) is 10.4. The van der Waals surface area contributed by atoms with E-state index < -0.39 is 11.1 Å². The summed E-state index contributed by atoms with van der Waals surface area (Å²) in [5, 5.41) is 0.0239. The molecular weight excluding hydrogens is 368 g/mol. The Morgan fingerprint density at radius 3 is 2.48 bits per heavy atom. The van der Waals surface area contributed by atoms with Gasteiger partial charge in [0.05, 0.1) is 13.7 Å². The van der Waals surface area contributed by atoms with Gasteiger partial charge in [-0.25, -0.2) is 0 Å². The first kappa shape index (κ1) is 21.0. The molecule has 0 aliphatic heterocycles. The molecule has 0 saturated heterocycles. The summed E-state index contributed by atoms with van der Waals surface area (Å²) >= 11 is 0. The normalized spacial score (nSPS) is 14.5. The lowest BCUT2D eigenvalue weighted by Crippen LogP contribution is -2.47. The molecule has 0 unspecified atom stereocenters. The minimum absolute atomic E-state index is 0.0239. The van der Waals surface area contributed by atoms with E-state index in [0.717, 1.165) is 12.3 Å². The lowest BCUT2D eigenvalue weighted by molar-refractivity contribution is 0.271. The van der Waals surface area contributed by atoms with Crippen LogP contribution in [-0.2, 0) is 0 Å². The first-order chi connectivity index (χ1) is 14.1. The molecule has 1 heterocycles. The summed E-state index contributed by atoms with van der Waals surface area (Å²) in [5.74, 6) is 2.14. The van der Waals surface area contributed by atoms with Gasteiger partial charge in [0.25, 0.3) is 11.1 Å². The number of rotatable bonds is 8. The molecule has 6 nitrogen and oxygen atoms in total. The van der Waals surface area contributed by atoms with Crippen molar-refractivity contribution in [2.24, 2.45) is 5.92 Å². The molecule has 29 heavy (non-hydrogen) atoms. The average Bonchev–Trinajstić information content (AvgIpc) is 2.71. The van der Waals surface area contributed by atoms with Gasteiger partial charge in [-0.15, -0.1) is 0 Å². The van der Waals surface area contributed by atoms with Gasteiger partial charge >= 0.3 is 0 Å². The van der Waals surface area contributed by atoms with Crippen LogP contribution in [0.2, 0.25) is 0 Å². The van der Waals surface area contributed by atoms with Gasteiger partial charge in [-0.2, -0.15) is 0 Å². The Labute approximate surface area is 170 Å². The number of hydrogen-bond donors (Lipinski definition) is 2. The Bertz CT molecular complexity index is 995. The topological polar surface area (TPSA) is 84.2 Å². The summed E-state index contributed by atoms with van der Waals surface area (Å²) in [4.78, 5) is 29.0. The summed E-state index contributed by atoms with van der Waals surface area (Å²) in [7, 11) is 1.58. The third kappa shape index (κ3) is 5.86. The molecule has 1 fully saturated rings. The molecule has 0 radical (unpaired) electrons. The molecule has 1 aliphatic rings. The zero-order valence-corrected chi connectivity index (χ0v) is 17.1. The number of unbranched alkanes of at least 4 members (excludes halogenated alkanes) is 1. The fraction of sp³-hybridized carbons (Fsp3) is 0.478. The number of H-pyrrole nitrogens is 2. The van der Waals surface area contributed by atoms with Crippen molar-refractivity contribution >= 4 is 12.7 Å². The Morgan fingerprint density at radius 2 is 1.79 bits per heavy atom. The van der Waals surface area contributed by atoms with Crippen molar-refractivity contribution in [3.63, 3.8) is 0 Å². The van der Waals surface area contributed by atoms with Crippen molar-refractivity contribution in [2.45, 2.75) is 51.4 Å². The number of nitrogens with one attached hydrogen (secondary N) is 2. The molecule has 2 N–H and O–H groups in total. The number of methoxy groups -OCH3 is 1. The number of benzene rings is 1. The second-order valence-corrected chi connectivity index (χ2v) is 7.70. The molecular formula is C23H30N2O4. The van der Waals surface area contributed by atoms with Crippen LogP contribution >= 0.6 is 0 Å². The van der Waals surface area contributed by atoms with Gasteiger partial charge in [-0.1, -0.05) is 51.2 Å². The first-order valence-corrected chi connectivity index (χ1v) is 10.4. The van der Waals surface area contributed by atoms with Gasteiger partial charge in [-0.3, -0.25) is 9.59 Å². The maximum absolute atomic E-state index is 12.0. The summed E-state index contributed by atoms with van der Waals surface area (Å²) in [6.45, 7) is 4.19. The molecule has 0 amide bonds. The van der Waals surface area contributed by atoms with Gasteiger partial charge in [-0.05, 0) is 42.5 Å². The van der Waals surface area contributed by atoms with Crippen LogP contribution in [0.3, 0.4) is 0 Å². The molecule has 0 bridgehead atoms. The zero-order chi connectivity index (χ0) is 20.6. The lowest BCUT2D eigenvalue weighted by atomic mass is 9.86. The largest absolute Gasteiger partial charge is 0.493 e. The predicted octanol–water partition coefficient (Wildman–Crippen LogP) is 2.44. The van der Waals surface area contributed by atoms with Crippen molar-refractivity contribution in [3.05, 3.63) is 55.2 Å². The standard InChI is InChI=1S/C23H30N2O4/c1-16-24-22(26)19(23(27)25-16)14-18-11-12-20(21(15-18)28-2)29-13-7-6-10-17-8-4-3-5-9-17/h11-12,14-15,17H,1,3-10,13H2,2H3,(H,24,26)(H,25,27). The fourth-order valence-electron chi connectivity index (χ4n) is 3.93. The van der Waals surface area contributed by atoms with Crippen LogP contribution in [0.4, 0.5) is 0 Å². The highest BCUT2D eigenvalue weighted by Crippen LogP contribution is 2.30. The predicted molar refractivity (Wildman–Crippen MR) is 115 cm³/mol. The van der Waals surface area contributed by atoms with Gasteiger partial charge in [0, 0.05) is 0 Å². The zero-order valence-electron chi connectivity index (χ0n) is 17.1. The molecule has 6 heteroatoms. The van der Waals surface area contributed by atoms with Crippen molar-refractivity contribution in [2.75, 3.05) is 13.7 Å². The number of aromatic amines is 2. The van der Waals surface area contributed by atoms with Crippen LogP contribution in [0.15, 0.2) is 27.8 Å². The molecule has 0 spiro atoms. The van der Waals surface area contributed by atoms with E-state index in [1.54, 1.807) is 19.2 Å². The highest BCUT2D eigenvalue weighted by atomic mass is 16.5. The number of ether oxygens (including phenoxy) is 2. The molecule has 156 valence electrons. The second kappa shape index (κ2) is 10.1. The molecule has 0 atom stereocenters. The SMILES string of the molecule is C=c1[nH]c(=O)c(=Cc2ccc(OCCCCC3CCCCC3)c(OC)c2)c(=O)[nH]1. The van der Waals surface area contributed by atoms with E-state index in [1.807, 2.05) is 6.07 Å². The maximum Gasteiger partial charge on any atom is 0.262 e. The summed E-state index contributed by atoms with van der Waals surface area (Å²) in [6, 6.07) is 5.37. The molecule has 2 aromatic rings. The van der Waals surface area contributed by atoms with Crippen LogP contribution in [-0.4, -0.2) is 23.7 Å². The second-order valence-electron chi connectivity index (χ2n) is 7.70. The third-order valence-electron chi connectivity index (χ3n) is 5.51. The van der Waals surface area contributed by atoms with Crippen LogP contribution < -0.4 is 31.3 Å². The van der Waals surface area contributed by atoms with E-state index in [0.29, 0.717) is 23.7 Å². The number of aromatic nitrogens is 2. The van der Waals surface area contributed by atoms with Crippen molar-refractivity contribution in [1.29, 1.82) is 0 Å². The van der Waals surface area contributed by atoms with Gasteiger partial charge < -0.3 is 19.4 Å². The van der Waals surface area contributed by atoms with Crippen LogP contribution in [0.5, 0.6) is 11.5 Å². The molecule has 1 aromatic carbocycles. The van der Waals surface area contributed by atoms with E-state index in [9.17, 15) is 9.59 Å². The highest BCUT2D eigenvalue weighted by Gasteiger charge is 2.12. The van der Waals surface area contributed by atoms with Gasteiger partial charge in [0.2, 0.25) is 0 Å². The van der Waals surface area contributed by atoms with Crippen LogP contribution in [0.1, 0.15) is 56.9 Å². The Morgan fingerprint density at radius 1 is 1.07 bits per heavy atom. The van der Waals surface area contributed by atoms with Crippen molar-refractivity contribution in [3.8, 4) is 11.5 Å². The van der Waals surface area contributed by atoms with E-state index in [1.165, 1.54) is 51.0 Å². The fourth-order valence-corrected chi connectivity index (χ4v) is 3.93. The minimum Gasteiger partial charge on any atom is -0.493 e. The Kier molecular flexibility index (Phi) is 7.33. The molecule has 1 aromatic heterocycles. The minimum atomic E-state index is -0.476. The summed E-state index contributed by atoms with van der Waals surface area (Å²) in [5.41, 5.74) is -0.0895. The van der Waals surface area contributed by atoms with E-state index in [2.05, 4.69) is 16.5 Å². The van der Waals surface area contributed by atoms with Gasteiger partial charge in [0.1, 0.15) is 10.7 Å². The van der Waals surface area contributed by atoms with Crippen LogP contribution in [0.25, 0.3) is 12.7 Å². The summed E-state index contributed by atoms with van der Waals surface area (Å²) < 4.78 is 11.3. The smallest absolute Gasteiger partial charge is 0.262 e.